The summed E-state index contributed by atoms with van der Waals surface area (Å²) in [7, 11) is 0. The van der Waals surface area contributed by atoms with Crippen LogP contribution in [0.25, 0.3) is 10.8 Å². The molecule has 5 rings (SSSR count). The first-order valence-electron chi connectivity index (χ1n) is 11.0. The fourth-order valence-corrected chi connectivity index (χ4v) is 4.95. The Morgan fingerprint density at radius 1 is 0.793 bits per heavy atom. The molecule has 2 aromatic heterocycles. The molecule has 1 saturated carbocycles. The van der Waals surface area contributed by atoms with Crippen molar-refractivity contribution in [2.45, 2.75) is 44.6 Å². The van der Waals surface area contributed by atoms with E-state index in [-0.39, 0.29) is 0 Å². The lowest BCUT2D eigenvalue weighted by molar-refractivity contribution is 0.147. The van der Waals surface area contributed by atoms with Crippen molar-refractivity contribution < 1.29 is 0 Å². The van der Waals surface area contributed by atoms with Gasteiger partial charge in [-0.25, -0.2) is 0 Å². The molecule has 1 aromatic carbocycles. The average molecular weight is 388 g/mol. The zero-order valence-electron chi connectivity index (χ0n) is 17.0. The van der Waals surface area contributed by atoms with Gasteiger partial charge < -0.3 is 4.90 Å². The van der Waals surface area contributed by atoms with Gasteiger partial charge in [-0.05, 0) is 30.5 Å². The monoisotopic (exact) mass is 387 g/mol. The number of benzene rings is 1. The summed E-state index contributed by atoms with van der Waals surface area (Å²) in [6.07, 6.45) is 11.4. The number of rotatable bonds is 4. The van der Waals surface area contributed by atoms with E-state index in [0.29, 0.717) is 0 Å². The molecular weight excluding hydrogens is 358 g/mol. The van der Waals surface area contributed by atoms with Crippen LogP contribution in [-0.4, -0.2) is 52.3 Å². The Balaban J connectivity index is 1.36. The van der Waals surface area contributed by atoms with Gasteiger partial charge in [0.1, 0.15) is 0 Å². The van der Waals surface area contributed by atoms with Gasteiger partial charge in [0.05, 0.1) is 5.69 Å². The average Bonchev–Trinajstić information content (AvgIpc) is 2.81. The van der Waals surface area contributed by atoms with E-state index in [4.69, 9.17) is 5.10 Å². The first-order chi connectivity index (χ1) is 14.4. The zero-order valence-corrected chi connectivity index (χ0v) is 17.0. The van der Waals surface area contributed by atoms with Crippen LogP contribution >= 0.6 is 0 Å². The van der Waals surface area contributed by atoms with Gasteiger partial charge in [-0.15, -0.1) is 5.10 Å². The summed E-state index contributed by atoms with van der Waals surface area (Å²) in [4.78, 5) is 9.26. The van der Waals surface area contributed by atoms with Gasteiger partial charge in [0.15, 0.2) is 5.82 Å². The van der Waals surface area contributed by atoms with E-state index >= 15 is 0 Å². The molecule has 2 aliphatic rings. The Bertz CT molecular complexity index is 944. The van der Waals surface area contributed by atoms with Crippen LogP contribution in [0.2, 0.25) is 0 Å². The maximum Gasteiger partial charge on any atom is 0.159 e. The van der Waals surface area contributed by atoms with Crippen molar-refractivity contribution in [1.29, 1.82) is 0 Å². The molecule has 0 unspecified atom stereocenters. The molecule has 0 atom stereocenters. The van der Waals surface area contributed by atoms with Gasteiger partial charge in [0.25, 0.3) is 0 Å². The maximum absolute atomic E-state index is 4.71. The van der Waals surface area contributed by atoms with E-state index in [1.54, 1.807) is 0 Å². The minimum atomic E-state index is 0.784. The van der Waals surface area contributed by atoms with Crippen molar-refractivity contribution >= 4 is 16.6 Å². The molecular formula is C24H29N5. The minimum absolute atomic E-state index is 0.784. The van der Waals surface area contributed by atoms with Crippen molar-refractivity contribution in [2.75, 3.05) is 31.1 Å². The summed E-state index contributed by atoms with van der Waals surface area (Å²) in [5, 5.41) is 11.8. The van der Waals surface area contributed by atoms with E-state index in [1.165, 1.54) is 48.4 Å². The number of anilines is 1. The van der Waals surface area contributed by atoms with Crippen LogP contribution in [0.5, 0.6) is 0 Å². The number of aromatic nitrogens is 3. The number of hydrogen-bond donors (Lipinski definition) is 0. The van der Waals surface area contributed by atoms with E-state index in [0.717, 1.165) is 50.2 Å². The Labute approximate surface area is 172 Å². The lowest BCUT2D eigenvalue weighted by Crippen LogP contribution is -2.51. The molecule has 150 valence electrons. The van der Waals surface area contributed by atoms with Crippen LogP contribution < -0.4 is 4.90 Å². The van der Waals surface area contributed by atoms with Crippen molar-refractivity contribution in [2.24, 2.45) is 0 Å². The van der Waals surface area contributed by atoms with Crippen LogP contribution in [0.3, 0.4) is 0 Å². The third-order valence-corrected chi connectivity index (χ3v) is 6.57. The van der Waals surface area contributed by atoms with Crippen molar-refractivity contribution in [3.8, 4) is 0 Å². The number of piperazine rings is 1. The topological polar surface area (TPSA) is 45.2 Å². The molecule has 1 saturated heterocycles. The second-order valence-corrected chi connectivity index (χ2v) is 8.36. The lowest BCUT2D eigenvalue weighted by atomic mass is 9.94. The van der Waals surface area contributed by atoms with Gasteiger partial charge >= 0.3 is 0 Å². The van der Waals surface area contributed by atoms with Crippen LogP contribution in [-0.2, 0) is 6.42 Å². The van der Waals surface area contributed by atoms with Crippen LogP contribution in [0.15, 0.2) is 48.8 Å². The van der Waals surface area contributed by atoms with Crippen LogP contribution in [0, 0.1) is 0 Å². The molecule has 0 bridgehead atoms. The largest absolute Gasteiger partial charge is 0.352 e. The van der Waals surface area contributed by atoms with Gasteiger partial charge in [-0.1, -0.05) is 43.5 Å². The highest BCUT2D eigenvalue weighted by molar-refractivity contribution is 5.93. The Kier molecular flexibility index (Phi) is 5.39. The van der Waals surface area contributed by atoms with Crippen LogP contribution in [0.4, 0.5) is 5.82 Å². The highest BCUT2D eigenvalue weighted by Crippen LogP contribution is 2.29. The number of fused-ring (bicyclic) bond motifs is 1. The fourth-order valence-electron chi connectivity index (χ4n) is 4.95. The summed E-state index contributed by atoms with van der Waals surface area (Å²) in [6, 6.07) is 13.5. The molecule has 0 N–H and O–H groups in total. The number of pyridine rings is 1. The standard InChI is InChI=1S/C24H29N5/c1-2-6-20(7-3-1)28-14-16-29(17-15-28)24-22-9-5-4-8-21(22)23(26-27-24)18-19-10-12-25-13-11-19/h4-5,8-13,20H,1-3,6-7,14-18H2. The SMILES string of the molecule is c1ccc2c(N3CCN(C4CCCCC4)CC3)nnc(Cc3ccncc3)c2c1. The molecule has 0 radical (unpaired) electrons. The number of hydrogen-bond acceptors (Lipinski definition) is 5. The summed E-state index contributed by atoms with van der Waals surface area (Å²) in [5.41, 5.74) is 2.25. The predicted octanol–water partition coefficient (Wildman–Crippen LogP) is 4.07. The third-order valence-electron chi connectivity index (χ3n) is 6.57. The van der Waals surface area contributed by atoms with E-state index in [9.17, 15) is 0 Å². The molecule has 5 heteroatoms. The lowest BCUT2D eigenvalue weighted by Gasteiger charge is -2.41. The summed E-state index contributed by atoms with van der Waals surface area (Å²) in [6.45, 7) is 4.36. The fraction of sp³-hybridized carbons (Fsp3) is 0.458. The Morgan fingerprint density at radius 2 is 1.52 bits per heavy atom. The smallest absolute Gasteiger partial charge is 0.159 e. The molecule has 0 amide bonds. The molecule has 3 aromatic rings. The highest BCUT2D eigenvalue weighted by Gasteiger charge is 2.26. The summed E-state index contributed by atoms with van der Waals surface area (Å²) in [5.74, 6) is 1.04. The second kappa shape index (κ2) is 8.46. The van der Waals surface area contributed by atoms with E-state index < -0.39 is 0 Å². The molecule has 3 heterocycles. The molecule has 5 nitrogen and oxygen atoms in total. The first-order valence-corrected chi connectivity index (χ1v) is 11.0. The normalized spacial score (nSPS) is 19.0. The molecule has 0 spiro atoms. The molecule has 2 fully saturated rings. The van der Waals surface area contributed by atoms with Crippen molar-refractivity contribution in [1.82, 2.24) is 20.1 Å². The van der Waals surface area contributed by atoms with E-state index in [1.807, 2.05) is 12.4 Å². The van der Waals surface area contributed by atoms with Crippen molar-refractivity contribution in [3.05, 3.63) is 60.0 Å². The minimum Gasteiger partial charge on any atom is -0.352 e. The van der Waals surface area contributed by atoms with Gasteiger partial charge in [0, 0.05) is 61.8 Å². The Hall–Kier alpha value is -2.53. The zero-order chi connectivity index (χ0) is 19.5. The second-order valence-electron chi connectivity index (χ2n) is 8.36. The predicted molar refractivity (Wildman–Crippen MR) is 117 cm³/mol. The van der Waals surface area contributed by atoms with Gasteiger partial charge in [-0.3, -0.25) is 9.88 Å². The summed E-state index contributed by atoms with van der Waals surface area (Å²) >= 11 is 0. The molecule has 1 aliphatic carbocycles. The first kappa shape index (κ1) is 18.5. The quantitative estimate of drug-likeness (QED) is 0.675. The highest BCUT2D eigenvalue weighted by atomic mass is 15.3. The third kappa shape index (κ3) is 3.97. The maximum atomic E-state index is 4.71. The van der Waals surface area contributed by atoms with Gasteiger partial charge in [0.2, 0.25) is 0 Å². The van der Waals surface area contributed by atoms with E-state index in [2.05, 4.69) is 56.3 Å². The summed E-state index contributed by atoms with van der Waals surface area (Å²) < 4.78 is 0. The number of nitrogens with zero attached hydrogens (tertiary/aromatic N) is 5. The van der Waals surface area contributed by atoms with Gasteiger partial charge in [-0.2, -0.15) is 5.10 Å². The van der Waals surface area contributed by atoms with Crippen molar-refractivity contribution in [3.63, 3.8) is 0 Å². The molecule has 29 heavy (non-hydrogen) atoms. The van der Waals surface area contributed by atoms with Crippen LogP contribution in [0.1, 0.15) is 43.4 Å². The molecule has 1 aliphatic heterocycles. The Morgan fingerprint density at radius 3 is 2.28 bits per heavy atom.